The SMILES string of the molecule is c1ccc2c(c1)CSCC2NCC1CSCCS1. The lowest BCUT2D eigenvalue weighted by Crippen LogP contribution is -2.34. The first-order valence-corrected chi connectivity index (χ1v) is 9.87. The zero-order valence-corrected chi connectivity index (χ0v) is 12.9. The molecule has 1 fully saturated rings. The summed E-state index contributed by atoms with van der Waals surface area (Å²) in [5.74, 6) is 6.39. The Kier molecular flexibility index (Phi) is 4.85. The number of hydrogen-bond acceptors (Lipinski definition) is 4. The van der Waals surface area contributed by atoms with Crippen molar-refractivity contribution in [2.45, 2.75) is 17.0 Å². The maximum absolute atomic E-state index is 3.79. The van der Waals surface area contributed by atoms with Gasteiger partial charge >= 0.3 is 0 Å². The van der Waals surface area contributed by atoms with Gasteiger partial charge in [-0.15, -0.1) is 0 Å². The van der Waals surface area contributed by atoms with E-state index in [4.69, 9.17) is 0 Å². The minimum absolute atomic E-state index is 0.562. The zero-order valence-electron chi connectivity index (χ0n) is 10.4. The van der Waals surface area contributed by atoms with Gasteiger partial charge in [-0.1, -0.05) is 24.3 Å². The molecule has 0 saturated carbocycles. The third-order valence-corrected chi connectivity index (χ3v) is 7.38. The summed E-state index contributed by atoms with van der Waals surface area (Å²) in [5, 5.41) is 4.60. The van der Waals surface area contributed by atoms with E-state index in [0.29, 0.717) is 6.04 Å². The van der Waals surface area contributed by atoms with Gasteiger partial charge in [-0.05, 0) is 11.1 Å². The van der Waals surface area contributed by atoms with Gasteiger partial charge in [0.25, 0.3) is 0 Å². The highest BCUT2D eigenvalue weighted by Crippen LogP contribution is 2.32. The number of benzene rings is 1. The molecule has 2 atom stereocenters. The summed E-state index contributed by atoms with van der Waals surface area (Å²) < 4.78 is 0. The van der Waals surface area contributed by atoms with E-state index in [1.165, 1.54) is 39.9 Å². The lowest BCUT2D eigenvalue weighted by molar-refractivity contribution is 0.577. The van der Waals surface area contributed by atoms with Crippen LogP contribution < -0.4 is 5.32 Å². The highest BCUT2D eigenvalue weighted by molar-refractivity contribution is 8.06. The molecule has 0 radical (unpaired) electrons. The van der Waals surface area contributed by atoms with E-state index in [1.807, 2.05) is 0 Å². The van der Waals surface area contributed by atoms with Gasteiger partial charge in [0.1, 0.15) is 0 Å². The molecule has 1 saturated heterocycles. The third-order valence-electron chi connectivity index (χ3n) is 3.45. The molecule has 2 aliphatic rings. The maximum atomic E-state index is 3.79. The van der Waals surface area contributed by atoms with Crippen LogP contribution >= 0.6 is 35.3 Å². The number of fused-ring (bicyclic) bond motifs is 1. The van der Waals surface area contributed by atoms with Crippen LogP contribution in [0.5, 0.6) is 0 Å². The number of nitrogens with one attached hydrogen (secondary N) is 1. The van der Waals surface area contributed by atoms with Gasteiger partial charge in [0.05, 0.1) is 0 Å². The van der Waals surface area contributed by atoms with Crippen molar-refractivity contribution in [3.05, 3.63) is 35.4 Å². The Morgan fingerprint density at radius 1 is 1.11 bits per heavy atom. The molecule has 2 unspecified atom stereocenters. The minimum atomic E-state index is 0.562. The van der Waals surface area contributed by atoms with Crippen LogP contribution in [-0.4, -0.2) is 34.8 Å². The van der Waals surface area contributed by atoms with E-state index in [2.05, 4.69) is 64.9 Å². The van der Waals surface area contributed by atoms with Gasteiger partial charge in [-0.25, -0.2) is 0 Å². The Labute approximate surface area is 122 Å². The molecule has 1 nitrogen and oxygen atoms in total. The smallest absolute Gasteiger partial charge is 0.0415 e. The van der Waals surface area contributed by atoms with E-state index < -0.39 is 0 Å². The number of hydrogen-bond donors (Lipinski definition) is 1. The topological polar surface area (TPSA) is 12.0 Å². The largest absolute Gasteiger partial charge is 0.308 e. The molecular formula is C14H19NS3. The predicted octanol–water partition coefficient (Wildman–Crippen LogP) is 3.41. The fourth-order valence-electron chi connectivity index (χ4n) is 2.48. The van der Waals surface area contributed by atoms with Crippen molar-refractivity contribution in [3.63, 3.8) is 0 Å². The molecule has 1 N–H and O–H groups in total. The summed E-state index contributed by atoms with van der Waals surface area (Å²) in [6.07, 6.45) is 0. The van der Waals surface area contributed by atoms with Crippen molar-refractivity contribution < 1.29 is 0 Å². The van der Waals surface area contributed by atoms with Gasteiger partial charge in [-0.2, -0.15) is 35.3 Å². The molecule has 4 heteroatoms. The first-order chi connectivity index (χ1) is 8.93. The van der Waals surface area contributed by atoms with E-state index >= 15 is 0 Å². The van der Waals surface area contributed by atoms with Crippen molar-refractivity contribution in [1.82, 2.24) is 5.32 Å². The molecule has 0 spiro atoms. The maximum Gasteiger partial charge on any atom is 0.0415 e. The highest BCUT2D eigenvalue weighted by atomic mass is 32.2. The van der Waals surface area contributed by atoms with Crippen molar-refractivity contribution in [3.8, 4) is 0 Å². The Morgan fingerprint density at radius 2 is 2.06 bits per heavy atom. The van der Waals surface area contributed by atoms with Gasteiger partial charge in [-0.3, -0.25) is 0 Å². The van der Waals surface area contributed by atoms with E-state index in [1.54, 1.807) is 0 Å². The number of rotatable bonds is 3. The van der Waals surface area contributed by atoms with Crippen LogP contribution in [0.2, 0.25) is 0 Å². The molecule has 0 aliphatic carbocycles. The van der Waals surface area contributed by atoms with Crippen LogP contribution in [0.1, 0.15) is 17.2 Å². The second-order valence-electron chi connectivity index (χ2n) is 4.74. The summed E-state index contributed by atoms with van der Waals surface area (Å²) in [6.45, 7) is 1.16. The monoisotopic (exact) mass is 297 g/mol. The molecule has 18 heavy (non-hydrogen) atoms. The van der Waals surface area contributed by atoms with Gasteiger partial charge in [0.15, 0.2) is 0 Å². The van der Waals surface area contributed by atoms with Crippen molar-refractivity contribution in [2.75, 3.05) is 29.6 Å². The van der Waals surface area contributed by atoms with Crippen LogP contribution in [0.4, 0.5) is 0 Å². The van der Waals surface area contributed by atoms with Crippen LogP contribution in [0.25, 0.3) is 0 Å². The molecule has 0 bridgehead atoms. The molecule has 1 aromatic rings. The Balaban J connectivity index is 1.60. The molecule has 1 aromatic carbocycles. The van der Waals surface area contributed by atoms with Gasteiger partial charge < -0.3 is 5.32 Å². The summed E-state index contributed by atoms with van der Waals surface area (Å²) in [5.41, 5.74) is 3.06. The molecule has 98 valence electrons. The molecule has 2 aliphatic heterocycles. The lowest BCUT2D eigenvalue weighted by Gasteiger charge is -2.29. The minimum Gasteiger partial charge on any atom is -0.308 e. The highest BCUT2D eigenvalue weighted by Gasteiger charge is 2.21. The average molecular weight is 298 g/mol. The van der Waals surface area contributed by atoms with E-state index in [-0.39, 0.29) is 0 Å². The van der Waals surface area contributed by atoms with Crippen LogP contribution in [0.3, 0.4) is 0 Å². The molecule has 0 amide bonds. The van der Waals surface area contributed by atoms with Crippen molar-refractivity contribution >= 4 is 35.3 Å². The second kappa shape index (κ2) is 6.60. The van der Waals surface area contributed by atoms with Crippen molar-refractivity contribution in [1.29, 1.82) is 0 Å². The standard InChI is InChI=1S/C14H19NS3/c1-2-4-13-11(3-1)8-17-10-14(13)15-7-12-9-16-5-6-18-12/h1-4,12,14-15H,5-10H2. The van der Waals surface area contributed by atoms with E-state index in [0.717, 1.165) is 11.8 Å². The first-order valence-electron chi connectivity index (χ1n) is 6.52. The molecule has 3 rings (SSSR count). The Hall–Kier alpha value is 0.230. The van der Waals surface area contributed by atoms with Crippen LogP contribution in [0.15, 0.2) is 24.3 Å². The number of thioether (sulfide) groups is 3. The summed E-state index contributed by atoms with van der Waals surface area (Å²) in [6, 6.07) is 9.48. The lowest BCUT2D eigenvalue weighted by atomic mass is 10.0. The quantitative estimate of drug-likeness (QED) is 0.917. The van der Waals surface area contributed by atoms with Crippen LogP contribution in [0, 0.1) is 0 Å². The summed E-state index contributed by atoms with van der Waals surface area (Å²) >= 11 is 6.31. The fraction of sp³-hybridized carbons (Fsp3) is 0.571. The second-order valence-corrected chi connectivity index (χ2v) is 8.33. The Morgan fingerprint density at radius 3 is 2.94 bits per heavy atom. The van der Waals surface area contributed by atoms with E-state index in [9.17, 15) is 0 Å². The normalized spacial score (nSPS) is 27.8. The Bertz CT molecular complexity index is 390. The third kappa shape index (κ3) is 3.21. The first kappa shape index (κ1) is 13.2. The average Bonchev–Trinajstić information content (AvgIpc) is 2.46. The fourth-order valence-corrected chi connectivity index (χ4v) is 6.24. The molecular weight excluding hydrogens is 278 g/mol. The van der Waals surface area contributed by atoms with Gasteiger partial charge in [0.2, 0.25) is 0 Å². The van der Waals surface area contributed by atoms with Crippen molar-refractivity contribution in [2.24, 2.45) is 0 Å². The van der Waals surface area contributed by atoms with Crippen LogP contribution in [-0.2, 0) is 5.75 Å². The predicted molar refractivity (Wildman–Crippen MR) is 86.9 cm³/mol. The molecule has 0 aromatic heterocycles. The molecule has 2 heterocycles. The zero-order chi connectivity index (χ0) is 12.2. The summed E-state index contributed by atoms with van der Waals surface area (Å²) in [4.78, 5) is 0. The van der Waals surface area contributed by atoms with Gasteiger partial charge in [0, 0.05) is 46.6 Å². The summed E-state index contributed by atoms with van der Waals surface area (Å²) in [7, 11) is 0.